The van der Waals surface area contributed by atoms with E-state index >= 15 is 0 Å². The van der Waals surface area contributed by atoms with E-state index in [2.05, 4.69) is 29.4 Å². The number of nitrogens with zero attached hydrogens (tertiary/aromatic N) is 1. The first-order chi connectivity index (χ1) is 9.07. The summed E-state index contributed by atoms with van der Waals surface area (Å²) < 4.78 is 10.9. The Kier molecular flexibility index (Phi) is 5.15. The summed E-state index contributed by atoms with van der Waals surface area (Å²) in [6, 6.07) is -0.199. The minimum absolute atomic E-state index is 0.0345. The molecule has 1 amide bonds. The molecule has 2 rings (SSSR count). The van der Waals surface area contributed by atoms with E-state index in [4.69, 9.17) is 9.47 Å². The number of morpholine rings is 2. The minimum atomic E-state index is -0.199. The summed E-state index contributed by atoms with van der Waals surface area (Å²) in [5, 5.41) is 6.11. The normalized spacial score (nSPS) is 28.0. The van der Waals surface area contributed by atoms with Gasteiger partial charge in [0, 0.05) is 32.7 Å². The van der Waals surface area contributed by atoms with E-state index in [-0.39, 0.29) is 17.6 Å². The lowest BCUT2D eigenvalue weighted by atomic mass is 10.1. The third kappa shape index (κ3) is 4.72. The number of amides is 1. The molecule has 0 aliphatic carbocycles. The molecule has 2 heterocycles. The van der Waals surface area contributed by atoms with Crippen molar-refractivity contribution in [3.63, 3.8) is 0 Å². The lowest BCUT2D eigenvalue weighted by Gasteiger charge is -2.38. The van der Waals surface area contributed by atoms with Gasteiger partial charge in [0.25, 0.3) is 0 Å². The molecule has 0 aromatic carbocycles. The minimum Gasteiger partial charge on any atom is -0.378 e. The van der Waals surface area contributed by atoms with Gasteiger partial charge in [0.1, 0.15) is 6.04 Å². The third-order valence-electron chi connectivity index (χ3n) is 3.47. The highest BCUT2D eigenvalue weighted by molar-refractivity contribution is 5.81. The van der Waals surface area contributed by atoms with Crippen LogP contribution in [0.2, 0.25) is 0 Å². The van der Waals surface area contributed by atoms with Crippen molar-refractivity contribution in [3.05, 3.63) is 0 Å². The van der Waals surface area contributed by atoms with E-state index in [9.17, 15) is 4.79 Å². The van der Waals surface area contributed by atoms with Crippen LogP contribution < -0.4 is 10.6 Å². The molecule has 0 saturated carbocycles. The maximum absolute atomic E-state index is 11.9. The first-order valence-corrected chi connectivity index (χ1v) is 7.02. The summed E-state index contributed by atoms with van der Waals surface area (Å²) in [6.45, 7) is 10.2. The van der Waals surface area contributed by atoms with E-state index in [0.717, 1.165) is 32.8 Å². The van der Waals surface area contributed by atoms with Gasteiger partial charge in [-0.2, -0.15) is 0 Å². The fraction of sp³-hybridized carbons (Fsp3) is 0.923. The van der Waals surface area contributed by atoms with Crippen LogP contribution in [-0.4, -0.2) is 75.0 Å². The number of hydrogen-bond acceptors (Lipinski definition) is 5. The van der Waals surface area contributed by atoms with Crippen LogP contribution >= 0.6 is 0 Å². The Labute approximate surface area is 114 Å². The summed E-state index contributed by atoms with van der Waals surface area (Å²) in [7, 11) is 0. The largest absolute Gasteiger partial charge is 0.378 e. The maximum Gasteiger partial charge on any atom is 0.239 e. The molecule has 19 heavy (non-hydrogen) atoms. The molecule has 0 bridgehead atoms. The van der Waals surface area contributed by atoms with Crippen molar-refractivity contribution < 1.29 is 14.3 Å². The number of carbonyl (C=O) groups is 1. The molecule has 1 atom stereocenters. The van der Waals surface area contributed by atoms with Crippen LogP contribution in [-0.2, 0) is 14.3 Å². The number of ether oxygens (including phenoxy) is 2. The standard InChI is InChI=1S/C13H25N3O3/c1-13(2)10-16(6-8-19-13)5-3-15-12(17)11-9-18-7-4-14-11/h11,14H,3-10H2,1-2H3,(H,15,17). The van der Waals surface area contributed by atoms with Gasteiger partial charge in [-0.3, -0.25) is 9.69 Å². The molecule has 0 aromatic heterocycles. The maximum atomic E-state index is 11.9. The van der Waals surface area contributed by atoms with Crippen LogP contribution in [0, 0.1) is 0 Å². The van der Waals surface area contributed by atoms with Crippen LogP contribution in [0.3, 0.4) is 0 Å². The zero-order valence-electron chi connectivity index (χ0n) is 11.9. The van der Waals surface area contributed by atoms with Crippen molar-refractivity contribution in [1.29, 1.82) is 0 Å². The second-order valence-corrected chi connectivity index (χ2v) is 5.76. The number of rotatable bonds is 4. The van der Waals surface area contributed by atoms with Gasteiger partial charge in [-0.1, -0.05) is 0 Å². The second-order valence-electron chi connectivity index (χ2n) is 5.76. The lowest BCUT2D eigenvalue weighted by Crippen LogP contribution is -2.53. The van der Waals surface area contributed by atoms with E-state index in [1.54, 1.807) is 0 Å². The molecule has 6 heteroatoms. The fourth-order valence-corrected chi connectivity index (χ4v) is 2.50. The molecular weight excluding hydrogens is 246 g/mol. The van der Waals surface area contributed by atoms with Crippen LogP contribution in [0.25, 0.3) is 0 Å². The highest BCUT2D eigenvalue weighted by Crippen LogP contribution is 2.15. The molecule has 110 valence electrons. The Morgan fingerprint density at radius 3 is 3.00 bits per heavy atom. The molecule has 0 radical (unpaired) electrons. The average molecular weight is 271 g/mol. The predicted octanol–water partition coefficient (Wildman–Crippen LogP) is -0.798. The number of hydrogen-bond donors (Lipinski definition) is 2. The van der Waals surface area contributed by atoms with Crippen molar-refractivity contribution in [3.8, 4) is 0 Å². The highest BCUT2D eigenvalue weighted by Gasteiger charge is 2.27. The van der Waals surface area contributed by atoms with Crippen LogP contribution in [0.1, 0.15) is 13.8 Å². The molecule has 0 aromatic rings. The predicted molar refractivity (Wildman–Crippen MR) is 72.1 cm³/mol. The monoisotopic (exact) mass is 271 g/mol. The third-order valence-corrected chi connectivity index (χ3v) is 3.47. The van der Waals surface area contributed by atoms with Crippen LogP contribution in [0.4, 0.5) is 0 Å². The molecular formula is C13H25N3O3. The quantitative estimate of drug-likeness (QED) is 0.701. The zero-order valence-corrected chi connectivity index (χ0v) is 11.9. The topological polar surface area (TPSA) is 62.8 Å². The molecule has 6 nitrogen and oxygen atoms in total. The fourth-order valence-electron chi connectivity index (χ4n) is 2.50. The molecule has 2 aliphatic rings. The van der Waals surface area contributed by atoms with Crippen molar-refractivity contribution in [1.82, 2.24) is 15.5 Å². The Balaban J connectivity index is 1.64. The SMILES string of the molecule is CC1(C)CN(CCNC(=O)C2COCCN2)CCO1. The van der Waals surface area contributed by atoms with E-state index in [1.807, 2.05) is 0 Å². The van der Waals surface area contributed by atoms with Crippen molar-refractivity contribution in [2.45, 2.75) is 25.5 Å². The van der Waals surface area contributed by atoms with Gasteiger partial charge in [0.05, 0.1) is 25.4 Å². The smallest absolute Gasteiger partial charge is 0.239 e. The number of nitrogens with one attached hydrogen (secondary N) is 2. The van der Waals surface area contributed by atoms with Gasteiger partial charge in [-0.15, -0.1) is 0 Å². The van der Waals surface area contributed by atoms with Gasteiger partial charge in [0.15, 0.2) is 0 Å². The Morgan fingerprint density at radius 1 is 1.47 bits per heavy atom. The summed E-state index contributed by atoms with van der Waals surface area (Å²) in [6.07, 6.45) is 0. The molecule has 1 unspecified atom stereocenters. The highest BCUT2D eigenvalue weighted by atomic mass is 16.5. The Bertz CT molecular complexity index is 304. The Hall–Kier alpha value is -0.690. The van der Waals surface area contributed by atoms with E-state index in [0.29, 0.717) is 19.8 Å². The summed E-state index contributed by atoms with van der Waals surface area (Å²) >= 11 is 0. The second kappa shape index (κ2) is 6.65. The molecule has 2 N–H and O–H groups in total. The first kappa shape index (κ1) is 14.7. The van der Waals surface area contributed by atoms with Gasteiger partial charge in [0.2, 0.25) is 5.91 Å². The lowest BCUT2D eigenvalue weighted by molar-refractivity contribution is -0.126. The van der Waals surface area contributed by atoms with Gasteiger partial charge < -0.3 is 20.1 Å². The zero-order chi connectivity index (χ0) is 13.7. The first-order valence-electron chi connectivity index (χ1n) is 7.02. The average Bonchev–Trinajstić information content (AvgIpc) is 2.38. The van der Waals surface area contributed by atoms with Crippen molar-refractivity contribution in [2.75, 3.05) is 52.5 Å². The van der Waals surface area contributed by atoms with Gasteiger partial charge in [-0.05, 0) is 13.8 Å². The Morgan fingerprint density at radius 2 is 2.32 bits per heavy atom. The molecule has 2 saturated heterocycles. The number of carbonyl (C=O) groups excluding carboxylic acids is 1. The summed E-state index contributed by atoms with van der Waals surface area (Å²) in [5.74, 6) is 0.0345. The van der Waals surface area contributed by atoms with E-state index < -0.39 is 0 Å². The summed E-state index contributed by atoms with van der Waals surface area (Å²) in [4.78, 5) is 14.2. The molecule has 2 aliphatic heterocycles. The van der Waals surface area contributed by atoms with Crippen LogP contribution in [0.15, 0.2) is 0 Å². The van der Waals surface area contributed by atoms with E-state index in [1.165, 1.54) is 0 Å². The van der Waals surface area contributed by atoms with Crippen molar-refractivity contribution in [2.24, 2.45) is 0 Å². The summed E-state index contributed by atoms with van der Waals surface area (Å²) in [5.41, 5.74) is -0.0823. The molecule has 0 spiro atoms. The van der Waals surface area contributed by atoms with Gasteiger partial charge >= 0.3 is 0 Å². The van der Waals surface area contributed by atoms with Crippen LogP contribution in [0.5, 0.6) is 0 Å². The van der Waals surface area contributed by atoms with Crippen molar-refractivity contribution >= 4 is 5.91 Å². The molecule has 2 fully saturated rings. The van der Waals surface area contributed by atoms with Gasteiger partial charge in [-0.25, -0.2) is 0 Å².